The van der Waals surface area contributed by atoms with Crippen molar-refractivity contribution in [3.8, 4) is 11.1 Å². The zero-order valence-corrected chi connectivity index (χ0v) is 19.5. The van der Waals surface area contributed by atoms with Gasteiger partial charge in [-0.2, -0.15) is 0 Å². The standard InChI is InChI=1S/C25H32N4S/c1-6-9-10-14-20(15-26-5)28-25-27-16-21-24(29-25)22(17(4)30-21)23-18(7-2)12-11-13-19(23)8-3/h10-16,26H,6-9H2,1-5H3,(H,27,28,29)/b14-10+,20-15+. The molecule has 2 heterocycles. The highest BCUT2D eigenvalue weighted by atomic mass is 32.1. The smallest absolute Gasteiger partial charge is 0.227 e. The van der Waals surface area contributed by atoms with Crippen molar-refractivity contribution in [2.75, 3.05) is 12.4 Å². The van der Waals surface area contributed by atoms with Crippen molar-refractivity contribution < 1.29 is 0 Å². The molecule has 0 amide bonds. The summed E-state index contributed by atoms with van der Waals surface area (Å²) in [6, 6.07) is 6.65. The zero-order chi connectivity index (χ0) is 21.5. The third kappa shape index (κ3) is 4.73. The van der Waals surface area contributed by atoms with E-state index in [0.29, 0.717) is 5.95 Å². The lowest BCUT2D eigenvalue weighted by molar-refractivity contribution is 0.956. The molecule has 0 bridgehead atoms. The second-order valence-electron chi connectivity index (χ2n) is 7.30. The molecule has 0 aliphatic carbocycles. The van der Waals surface area contributed by atoms with Gasteiger partial charge in [0.25, 0.3) is 0 Å². The minimum atomic E-state index is 0.622. The molecule has 0 radical (unpaired) electrons. The third-order valence-corrected chi connectivity index (χ3v) is 6.19. The Morgan fingerprint density at radius 1 is 1.10 bits per heavy atom. The van der Waals surface area contributed by atoms with Crippen LogP contribution >= 0.6 is 11.3 Å². The number of rotatable bonds is 9. The molecule has 2 N–H and O–H groups in total. The van der Waals surface area contributed by atoms with Crippen LogP contribution in [-0.2, 0) is 12.8 Å². The van der Waals surface area contributed by atoms with E-state index in [1.807, 2.05) is 19.4 Å². The lowest BCUT2D eigenvalue weighted by atomic mass is 9.91. The van der Waals surface area contributed by atoms with E-state index in [1.165, 1.54) is 27.1 Å². The van der Waals surface area contributed by atoms with Gasteiger partial charge in [-0.15, -0.1) is 11.3 Å². The van der Waals surface area contributed by atoms with Crippen LogP contribution in [0.15, 0.2) is 48.4 Å². The van der Waals surface area contributed by atoms with Crippen molar-refractivity contribution in [1.82, 2.24) is 15.3 Å². The Morgan fingerprint density at radius 3 is 2.47 bits per heavy atom. The number of thiophene rings is 1. The Hall–Kier alpha value is -2.66. The van der Waals surface area contributed by atoms with Crippen molar-refractivity contribution in [2.45, 2.75) is 53.4 Å². The topological polar surface area (TPSA) is 49.8 Å². The minimum Gasteiger partial charge on any atom is -0.392 e. The molecule has 4 nitrogen and oxygen atoms in total. The summed E-state index contributed by atoms with van der Waals surface area (Å²) < 4.78 is 1.13. The van der Waals surface area contributed by atoms with Crippen molar-refractivity contribution in [3.63, 3.8) is 0 Å². The molecule has 3 aromatic rings. The summed E-state index contributed by atoms with van der Waals surface area (Å²) in [6.45, 7) is 8.82. The summed E-state index contributed by atoms with van der Waals surface area (Å²) in [5.74, 6) is 0.622. The number of unbranched alkanes of at least 4 members (excludes halogenated alkanes) is 1. The van der Waals surface area contributed by atoms with Crippen LogP contribution in [-0.4, -0.2) is 17.0 Å². The van der Waals surface area contributed by atoms with Crippen LogP contribution in [0.5, 0.6) is 0 Å². The number of benzene rings is 1. The van der Waals surface area contributed by atoms with Gasteiger partial charge >= 0.3 is 0 Å². The molecule has 0 saturated carbocycles. The van der Waals surface area contributed by atoms with Gasteiger partial charge in [-0.1, -0.05) is 51.5 Å². The molecule has 0 unspecified atom stereocenters. The van der Waals surface area contributed by atoms with E-state index in [9.17, 15) is 0 Å². The van der Waals surface area contributed by atoms with Gasteiger partial charge in [-0.25, -0.2) is 9.97 Å². The Labute approximate surface area is 184 Å². The van der Waals surface area contributed by atoms with Crippen LogP contribution in [0.3, 0.4) is 0 Å². The Kier molecular flexibility index (Phi) is 7.63. The van der Waals surface area contributed by atoms with E-state index >= 15 is 0 Å². The average molecular weight is 421 g/mol. The maximum atomic E-state index is 4.96. The van der Waals surface area contributed by atoms with E-state index in [1.54, 1.807) is 11.3 Å². The highest BCUT2D eigenvalue weighted by Gasteiger charge is 2.18. The first-order valence-corrected chi connectivity index (χ1v) is 11.6. The van der Waals surface area contributed by atoms with Gasteiger partial charge in [0.15, 0.2) is 0 Å². The molecule has 5 heteroatoms. The molecule has 0 fully saturated rings. The van der Waals surface area contributed by atoms with Gasteiger partial charge in [0, 0.05) is 23.7 Å². The van der Waals surface area contributed by atoms with Crippen molar-refractivity contribution in [3.05, 3.63) is 64.4 Å². The van der Waals surface area contributed by atoms with Crippen LogP contribution < -0.4 is 10.6 Å². The molecule has 0 spiro atoms. The SMILES string of the molecule is CCC/C=C/C(=C\NC)Nc1ncc2sc(C)c(-c3c(CC)cccc3CC)c2n1. The summed E-state index contributed by atoms with van der Waals surface area (Å²) >= 11 is 1.77. The fraction of sp³-hybridized carbons (Fsp3) is 0.360. The van der Waals surface area contributed by atoms with E-state index in [0.717, 1.165) is 41.6 Å². The number of hydrogen-bond donors (Lipinski definition) is 2. The quantitative estimate of drug-likeness (QED) is 0.382. The molecule has 2 aromatic heterocycles. The fourth-order valence-electron chi connectivity index (χ4n) is 3.71. The van der Waals surface area contributed by atoms with Gasteiger partial charge in [0.2, 0.25) is 5.95 Å². The van der Waals surface area contributed by atoms with Gasteiger partial charge in [-0.3, -0.25) is 0 Å². The van der Waals surface area contributed by atoms with E-state index in [-0.39, 0.29) is 0 Å². The first kappa shape index (κ1) is 22.0. The Bertz CT molecular complexity index is 1040. The monoisotopic (exact) mass is 420 g/mol. The fourth-order valence-corrected chi connectivity index (χ4v) is 4.69. The highest BCUT2D eigenvalue weighted by Crippen LogP contribution is 2.41. The molecule has 0 aliphatic rings. The number of hydrogen-bond acceptors (Lipinski definition) is 5. The highest BCUT2D eigenvalue weighted by molar-refractivity contribution is 7.19. The summed E-state index contributed by atoms with van der Waals surface area (Å²) in [5.41, 5.74) is 7.35. The second kappa shape index (κ2) is 10.4. The maximum Gasteiger partial charge on any atom is 0.227 e. The predicted molar refractivity (Wildman–Crippen MR) is 131 cm³/mol. The number of nitrogens with zero attached hydrogens (tertiary/aromatic N) is 2. The van der Waals surface area contributed by atoms with Crippen LogP contribution in [0.1, 0.15) is 49.6 Å². The number of aromatic nitrogens is 2. The van der Waals surface area contributed by atoms with Crippen LogP contribution in [0.25, 0.3) is 21.3 Å². The van der Waals surface area contributed by atoms with E-state index < -0.39 is 0 Å². The largest absolute Gasteiger partial charge is 0.392 e. The van der Waals surface area contributed by atoms with Crippen molar-refractivity contribution >= 4 is 27.5 Å². The Balaban J connectivity index is 2.09. The summed E-state index contributed by atoms with van der Waals surface area (Å²) in [6.07, 6.45) is 12.3. The van der Waals surface area contributed by atoms with Crippen molar-refractivity contribution in [1.29, 1.82) is 0 Å². The molecular formula is C25H32N4S. The van der Waals surface area contributed by atoms with Crippen molar-refractivity contribution in [2.24, 2.45) is 0 Å². The number of anilines is 1. The minimum absolute atomic E-state index is 0.622. The first-order chi connectivity index (χ1) is 14.6. The third-order valence-electron chi connectivity index (χ3n) is 5.16. The van der Waals surface area contributed by atoms with Gasteiger partial charge in [-0.05, 0) is 49.0 Å². The predicted octanol–water partition coefficient (Wildman–Crippen LogP) is 6.62. The van der Waals surface area contributed by atoms with Gasteiger partial charge in [0.1, 0.15) is 0 Å². The number of nitrogens with one attached hydrogen (secondary N) is 2. The molecule has 0 aliphatic heterocycles. The van der Waals surface area contributed by atoms with Gasteiger partial charge < -0.3 is 10.6 Å². The summed E-state index contributed by atoms with van der Waals surface area (Å²) in [4.78, 5) is 10.8. The average Bonchev–Trinajstić information content (AvgIpc) is 3.08. The number of fused-ring (bicyclic) bond motifs is 1. The number of aryl methyl sites for hydroxylation is 3. The normalized spacial score (nSPS) is 12.1. The summed E-state index contributed by atoms with van der Waals surface area (Å²) in [5, 5.41) is 6.46. The summed E-state index contributed by atoms with van der Waals surface area (Å²) in [7, 11) is 1.90. The number of allylic oxidation sites excluding steroid dienone is 2. The van der Waals surface area contributed by atoms with Gasteiger partial charge in [0.05, 0.1) is 22.1 Å². The second-order valence-corrected chi connectivity index (χ2v) is 8.56. The lowest BCUT2D eigenvalue weighted by Crippen LogP contribution is -2.06. The Morgan fingerprint density at radius 2 is 1.83 bits per heavy atom. The molecule has 3 rings (SSSR count). The molecule has 1 aromatic carbocycles. The van der Waals surface area contributed by atoms with Crippen LogP contribution in [0, 0.1) is 6.92 Å². The maximum absolute atomic E-state index is 4.96. The van der Waals surface area contributed by atoms with E-state index in [4.69, 9.17) is 4.98 Å². The molecule has 30 heavy (non-hydrogen) atoms. The molecule has 0 atom stereocenters. The first-order valence-electron chi connectivity index (χ1n) is 10.8. The lowest BCUT2D eigenvalue weighted by Gasteiger charge is -2.14. The van der Waals surface area contributed by atoms with Crippen LogP contribution in [0.4, 0.5) is 5.95 Å². The zero-order valence-electron chi connectivity index (χ0n) is 18.7. The van der Waals surface area contributed by atoms with E-state index in [2.05, 4.69) is 73.7 Å². The molecule has 158 valence electrons. The molecule has 0 saturated heterocycles. The molecular weight excluding hydrogens is 388 g/mol. The van der Waals surface area contributed by atoms with Crippen LogP contribution in [0.2, 0.25) is 0 Å².